The van der Waals surface area contributed by atoms with Gasteiger partial charge in [0.15, 0.2) is 0 Å². The Morgan fingerprint density at radius 3 is 0.892 bits per heavy atom. The number of halogens is 1. The lowest BCUT2D eigenvalue weighted by Gasteiger charge is -2.37. The Hall–Kier alpha value is 1.59. The van der Waals surface area contributed by atoms with Gasteiger partial charge in [0, 0.05) is 6.61 Å². The van der Waals surface area contributed by atoms with E-state index in [0.717, 1.165) is 301 Å². The van der Waals surface area contributed by atoms with E-state index in [-0.39, 0.29) is 88.3 Å². The molecule has 3 N–H and O–H groups in total. The highest BCUT2D eigenvalue weighted by atomic mass is 31.2. The molecule has 0 heterocycles. The zero-order valence-electron chi connectivity index (χ0n) is 75.3. The van der Waals surface area contributed by atoms with E-state index in [1.165, 1.54) is 19.3 Å². The van der Waals surface area contributed by atoms with Crippen LogP contribution in [0.2, 0.25) is 0 Å². The molecular formula is C89H185FO15P6. The predicted octanol–water partition coefficient (Wildman–Crippen LogP) is 27.9. The first-order chi connectivity index (χ1) is 53.5. The molecular weight excluding hydrogens is 1510 g/mol. The fraction of sp³-hybridized carbons (Fsp3) is 1.00. The van der Waals surface area contributed by atoms with Crippen LogP contribution in [0.1, 0.15) is 400 Å². The van der Waals surface area contributed by atoms with Gasteiger partial charge < -0.3 is 43.3 Å². The minimum Gasteiger partial charge on any atom is -0.388 e. The van der Waals surface area contributed by atoms with E-state index < -0.39 is 47.2 Å². The second-order valence-corrected chi connectivity index (χ2v) is 42.2. The minimum absolute atomic E-state index is 0.00185. The summed E-state index contributed by atoms with van der Waals surface area (Å²) in [5.74, 6) is -0.205. The highest BCUT2D eigenvalue weighted by molar-refractivity contribution is 7.48. The molecule has 0 aliphatic rings. The summed E-state index contributed by atoms with van der Waals surface area (Å²) in [6.07, 6.45) is 48.9. The fourth-order valence-electron chi connectivity index (χ4n) is 16.0. The number of unbranched alkanes of at least 4 members (excludes halogenated alkanes) is 15. The topological polar surface area (TPSA) is 187 Å². The van der Waals surface area contributed by atoms with E-state index in [0.29, 0.717) is 56.4 Å². The molecule has 0 aromatic heterocycles. The molecule has 0 rings (SSSR count). The summed E-state index contributed by atoms with van der Waals surface area (Å²) in [4.78, 5) is 23.9. The van der Waals surface area contributed by atoms with Gasteiger partial charge in [0.1, 0.15) is 18.6 Å². The predicted molar refractivity (Wildman–Crippen MR) is 483 cm³/mol. The molecule has 0 saturated carbocycles. The number of hydrogen-bond donors (Lipinski definition) is 3. The average Bonchev–Trinajstić information content (AvgIpc) is 0.896. The molecule has 111 heavy (non-hydrogen) atoms. The summed E-state index contributed by atoms with van der Waals surface area (Å²) in [5, 5.41) is 11.3. The van der Waals surface area contributed by atoms with Crippen LogP contribution in [0, 0.1) is 27.1 Å². The van der Waals surface area contributed by atoms with E-state index in [4.69, 9.17) is 46.5 Å². The third-order valence-corrected chi connectivity index (χ3v) is 31.5. The molecule has 0 aliphatic carbocycles. The second kappa shape index (κ2) is 72.1. The van der Waals surface area contributed by atoms with Crippen molar-refractivity contribution in [2.75, 3.05) is 110 Å². The molecule has 15 nitrogen and oxygen atoms in total. The molecule has 0 aliphatic heterocycles. The minimum atomic E-state index is -5.01. The van der Waals surface area contributed by atoms with Gasteiger partial charge in [-0.2, -0.15) is 0 Å². The lowest BCUT2D eigenvalue weighted by atomic mass is 9.75. The number of rotatable bonds is 88. The number of aliphatic hydroxyl groups excluding tert-OH is 1. The van der Waals surface area contributed by atoms with Crippen molar-refractivity contribution < 1.29 is 74.9 Å². The van der Waals surface area contributed by atoms with Gasteiger partial charge in [-0.3, -0.25) is 18.1 Å². The first-order valence-electron chi connectivity index (χ1n) is 46.5. The lowest BCUT2D eigenvalue weighted by Crippen LogP contribution is -2.33. The summed E-state index contributed by atoms with van der Waals surface area (Å²) >= 11 is 0. The molecule has 0 aromatic carbocycles. The third-order valence-electron chi connectivity index (χ3n) is 23.3. The van der Waals surface area contributed by atoms with Crippen molar-refractivity contribution in [1.82, 2.24) is 0 Å². The van der Waals surface area contributed by atoms with Crippen LogP contribution in [0.5, 0.6) is 0 Å². The van der Waals surface area contributed by atoms with Gasteiger partial charge in [-0.1, -0.05) is 322 Å². The van der Waals surface area contributed by atoms with E-state index in [1.54, 1.807) is 0 Å². The largest absolute Gasteiger partial charge is 0.472 e. The molecule has 0 radical (unpaired) electrons. The number of phosphoric ester groups is 2. The number of hydrogen-bond acceptors (Lipinski definition) is 13. The first-order valence-corrected chi connectivity index (χ1v) is 54.9. The molecule has 22 heteroatoms. The second-order valence-electron chi connectivity index (χ2n) is 34.0. The van der Waals surface area contributed by atoms with Gasteiger partial charge in [-0.05, 0) is 161 Å². The van der Waals surface area contributed by atoms with Crippen LogP contribution < -0.4 is 0 Å². The lowest BCUT2D eigenvalue weighted by molar-refractivity contribution is -0.0507. The van der Waals surface area contributed by atoms with Crippen LogP contribution in [-0.4, -0.2) is 161 Å². The summed E-state index contributed by atoms with van der Waals surface area (Å²) in [6.45, 7) is 37.8. The highest BCUT2D eigenvalue weighted by Crippen LogP contribution is 2.51. The zero-order valence-corrected chi connectivity index (χ0v) is 81.1. The van der Waals surface area contributed by atoms with Crippen molar-refractivity contribution in [3.8, 4) is 0 Å². The number of phosphoric acid groups is 2. The summed E-state index contributed by atoms with van der Waals surface area (Å²) in [7, 11) is -8.56. The van der Waals surface area contributed by atoms with Crippen LogP contribution in [0.25, 0.3) is 0 Å². The highest BCUT2D eigenvalue weighted by Gasteiger charge is 2.39. The Balaban J connectivity index is 8.22. The summed E-state index contributed by atoms with van der Waals surface area (Å²) < 4.78 is 108. The van der Waals surface area contributed by atoms with Gasteiger partial charge in [-0.15, -0.1) is 8.58 Å². The standard InChI is InChI=1S/C89H185FO15P6/c1-17-33-48-85(49-34-18-2,50-35-19-3)73-96-63-79(91)64-102-110(92,93)104-80(65-97-74-86(51-36-20-4,52-37-21-5)53-38-22-6)67-103-111(94,95)105-81(66-98-75-87(54-39-23-7,55-40-24-8)56-41-25-9)70-108-84(101-77-89(60-45-29-13,61-46-30-14)62-47-31-15)72-109-83(71-106-68-82(99-32-16)69-107-78-90)100-76-88(57-42-26-10,58-43-27-11)59-44-28-12/h79-84,91,106-109H,17-78H2,1-16H3,(H,92,93)(H,94,95). The zero-order chi connectivity index (χ0) is 82.7. The van der Waals surface area contributed by atoms with E-state index >= 15 is 4.57 Å². The third kappa shape index (κ3) is 56.1. The Labute approximate surface area is 693 Å². The molecule has 0 aromatic rings. The maximum Gasteiger partial charge on any atom is 0.472 e. The summed E-state index contributed by atoms with van der Waals surface area (Å²) in [6, 6.07) is 0. The SMILES string of the molecule is CCCCC(CCCC)(CCCC)COCC(O)COP(=O)(O)OC(COCC(CCCC)(CCCC)CCCC)COP(=O)(O)OC(COCC(CCCC)(CCCC)CCCC)CPC(CPC(CPCC(CPCF)OCC)OCC(CCCC)(CCCC)CCCC)OCC(CCCC)(CCCC)CCCC. The van der Waals surface area contributed by atoms with Crippen molar-refractivity contribution in [1.29, 1.82) is 0 Å². The smallest absolute Gasteiger partial charge is 0.388 e. The molecule has 0 amide bonds. The Morgan fingerprint density at radius 2 is 0.577 bits per heavy atom. The molecule has 0 saturated heterocycles. The Kier molecular flexibility index (Phi) is 73.1. The quantitative estimate of drug-likeness (QED) is 0.0488. The van der Waals surface area contributed by atoms with Crippen LogP contribution in [0.4, 0.5) is 4.39 Å². The number of alkyl halides is 1. The summed E-state index contributed by atoms with van der Waals surface area (Å²) in [5.41, 5.74) is -0.0502. The maximum absolute atomic E-state index is 15.1. The fourth-order valence-corrected chi connectivity index (χ4v) is 23.8. The van der Waals surface area contributed by atoms with Gasteiger partial charge >= 0.3 is 15.6 Å². The average molecular weight is 1700 g/mol. The monoisotopic (exact) mass is 1700 g/mol. The van der Waals surface area contributed by atoms with Crippen LogP contribution in [0.3, 0.4) is 0 Å². The molecule has 0 fully saturated rings. The Bertz CT molecular complexity index is 2040. The van der Waals surface area contributed by atoms with Gasteiger partial charge in [0.05, 0.1) is 90.0 Å². The van der Waals surface area contributed by atoms with Crippen molar-refractivity contribution in [3.63, 3.8) is 0 Å². The molecule has 668 valence electrons. The van der Waals surface area contributed by atoms with E-state index in [1.807, 2.05) is 6.92 Å². The van der Waals surface area contributed by atoms with Crippen molar-refractivity contribution >= 4 is 50.0 Å². The first kappa shape index (κ1) is 113. The normalized spacial score (nSPS) is 16.0. The van der Waals surface area contributed by atoms with Crippen LogP contribution >= 0.6 is 50.0 Å². The molecule has 12 atom stereocenters. The van der Waals surface area contributed by atoms with Crippen molar-refractivity contribution in [2.45, 2.75) is 436 Å². The maximum atomic E-state index is 15.1. The number of aliphatic hydroxyl groups is 1. The van der Waals surface area contributed by atoms with Crippen molar-refractivity contribution in [2.24, 2.45) is 27.1 Å². The van der Waals surface area contributed by atoms with Gasteiger partial charge in [0.25, 0.3) is 0 Å². The molecule has 12 unspecified atom stereocenters. The van der Waals surface area contributed by atoms with Crippen molar-refractivity contribution in [3.05, 3.63) is 0 Å². The van der Waals surface area contributed by atoms with E-state index in [9.17, 15) is 23.8 Å². The molecule has 0 spiro atoms. The van der Waals surface area contributed by atoms with Crippen LogP contribution in [0.15, 0.2) is 0 Å². The van der Waals surface area contributed by atoms with E-state index in [2.05, 4.69) is 104 Å². The molecule has 0 bridgehead atoms. The number of ether oxygens (including phenoxy) is 6. The van der Waals surface area contributed by atoms with Gasteiger partial charge in [0.2, 0.25) is 0 Å². The van der Waals surface area contributed by atoms with Gasteiger partial charge in [-0.25, -0.2) is 13.5 Å². The Morgan fingerprint density at radius 1 is 0.306 bits per heavy atom. The van der Waals surface area contributed by atoms with Crippen LogP contribution in [-0.2, 0) is 55.6 Å².